The average molecular weight is 247 g/mol. The zero-order valence-electron chi connectivity index (χ0n) is 10.5. The number of hydrogen-bond acceptors (Lipinski definition) is 4. The number of hydrogen-bond donors (Lipinski definition) is 1. The summed E-state index contributed by atoms with van der Waals surface area (Å²) in [4.78, 5) is 12.5. The van der Waals surface area contributed by atoms with Crippen molar-refractivity contribution >= 4 is 5.78 Å². The molecular formula is C14H17NO3. The SMILES string of the molecule is CNCC1(C(=O)c2ccc3c(c2)OCCO3)CC1. The Kier molecular flexibility index (Phi) is 2.74. The molecule has 96 valence electrons. The van der Waals surface area contributed by atoms with E-state index in [1.165, 1.54) is 0 Å². The molecule has 0 unspecified atom stereocenters. The molecule has 3 rings (SSSR count). The van der Waals surface area contributed by atoms with Gasteiger partial charge in [-0.15, -0.1) is 0 Å². The molecule has 4 heteroatoms. The van der Waals surface area contributed by atoms with Crippen molar-refractivity contribution in [3.05, 3.63) is 23.8 Å². The van der Waals surface area contributed by atoms with Crippen LogP contribution in [-0.2, 0) is 0 Å². The lowest BCUT2D eigenvalue weighted by molar-refractivity contribution is 0.0899. The summed E-state index contributed by atoms with van der Waals surface area (Å²) >= 11 is 0. The predicted octanol–water partition coefficient (Wildman–Crippen LogP) is 1.64. The Balaban J connectivity index is 1.86. The summed E-state index contributed by atoms with van der Waals surface area (Å²) in [5, 5.41) is 3.11. The van der Waals surface area contributed by atoms with E-state index in [1.54, 1.807) is 0 Å². The lowest BCUT2D eigenvalue weighted by Crippen LogP contribution is -2.28. The fraction of sp³-hybridized carbons (Fsp3) is 0.500. The number of Topliss-reactive ketones (excluding diaryl/α,β-unsaturated/α-hetero) is 1. The molecule has 1 fully saturated rings. The molecule has 0 atom stereocenters. The highest BCUT2D eigenvalue weighted by molar-refractivity contribution is 6.03. The summed E-state index contributed by atoms with van der Waals surface area (Å²) < 4.78 is 11.0. The first-order valence-corrected chi connectivity index (χ1v) is 6.34. The topological polar surface area (TPSA) is 47.6 Å². The maximum Gasteiger partial charge on any atom is 0.170 e. The van der Waals surface area contributed by atoms with Crippen molar-refractivity contribution in [3.63, 3.8) is 0 Å². The molecule has 0 spiro atoms. The van der Waals surface area contributed by atoms with Gasteiger partial charge in [-0.3, -0.25) is 4.79 Å². The van der Waals surface area contributed by atoms with Crippen LogP contribution in [-0.4, -0.2) is 32.6 Å². The Hall–Kier alpha value is -1.55. The van der Waals surface area contributed by atoms with Crippen LogP contribution in [0.3, 0.4) is 0 Å². The van der Waals surface area contributed by atoms with Gasteiger partial charge < -0.3 is 14.8 Å². The molecule has 1 aliphatic heterocycles. The third kappa shape index (κ3) is 1.86. The molecular weight excluding hydrogens is 230 g/mol. The number of carbonyl (C=O) groups is 1. The smallest absolute Gasteiger partial charge is 0.170 e. The predicted molar refractivity (Wildman–Crippen MR) is 67.4 cm³/mol. The van der Waals surface area contributed by atoms with E-state index >= 15 is 0 Å². The Bertz CT molecular complexity index is 480. The summed E-state index contributed by atoms with van der Waals surface area (Å²) in [5.41, 5.74) is 0.547. The molecule has 0 aromatic heterocycles. The molecule has 4 nitrogen and oxygen atoms in total. The number of fused-ring (bicyclic) bond motifs is 1. The zero-order valence-corrected chi connectivity index (χ0v) is 10.5. The van der Waals surface area contributed by atoms with Crippen LogP contribution >= 0.6 is 0 Å². The number of ketones is 1. The first-order valence-electron chi connectivity index (χ1n) is 6.34. The molecule has 1 heterocycles. The third-order valence-corrected chi connectivity index (χ3v) is 3.65. The molecule has 18 heavy (non-hydrogen) atoms. The maximum absolute atomic E-state index is 12.5. The second-order valence-corrected chi connectivity index (χ2v) is 5.00. The first kappa shape index (κ1) is 11.5. The van der Waals surface area contributed by atoms with E-state index in [1.807, 2.05) is 25.2 Å². The molecule has 0 saturated heterocycles. The summed E-state index contributed by atoms with van der Waals surface area (Å²) in [7, 11) is 1.89. The van der Waals surface area contributed by atoms with Gasteiger partial charge >= 0.3 is 0 Å². The minimum Gasteiger partial charge on any atom is -0.486 e. The normalized spacial score (nSPS) is 19.4. The minimum absolute atomic E-state index is 0.182. The number of carbonyl (C=O) groups excluding carboxylic acids is 1. The van der Waals surface area contributed by atoms with Crippen molar-refractivity contribution in [2.24, 2.45) is 5.41 Å². The molecule has 1 aromatic carbocycles. The monoisotopic (exact) mass is 247 g/mol. The number of ether oxygens (including phenoxy) is 2. The number of nitrogens with one attached hydrogen (secondary N) is 1. The van der Waals surface area contributed by atoms with Crippen LogP contribution in [0, 0.1) is 5.41 Å². The van der Waals surface area contributed by atoms with Gasteiger partial charge in [-0.05, 0) is 38.1 Å². The fourth-order valence-electron chi connectivity index (χ4n) is 2.46. The molecule has 2 aliphatic rings. The van der Waals surface area contributed by atoms with Gasteiger partial charge in [-0.25, -0.2) is 0 Å². The second kappa shape index (κ2) is 4.28. The van der Waals surface area contributed by atoms with E-state index in [0.29, 0.717) is 19.0 Å². The van der Waals surface area contributed by atoms with Crippen molar-refractivity contribution in [2.75, 3.05) is 26.8 Å². The Labute approximate surface area is 106 Å². The highest BCUT2D eigenvalue weighted by Gasteiger charge is 2.49. The largest absolute Gasteiger partial charge is 0.486 e. The van der Waals surface area contributed by atoms with Gasteiger partial charge in [0.05, 0.1) is 0 Å². The average Bonchev–Trinajstić information content (AvgIpc) is 3.19. The summed E-state index contributed by atoms with van der Waals surface area (Å²) in [6.07, 6.45) is 1.95. The van der Waals surface area contributed by atoms with Crippen molar-refractivity contribution in [3.8, 4) is 11.5 Å². The highest BCUT2D eigenvalue weighted by Crippen LogP contribution is 2.48. The molecule has 0 amide bonds. The number of benzene rings is 1. The maximum atomic E-state index is 12.5. The Morgan fingerprint density at radius 1 is 1.28 bits per heavy atom. The van der Waals surface area contributed by atoms with Gasteiger partial charge in [0.1, 0.15) is 13.2 Å². The van der Waals surface area contributed by atoms with E-state index in [-0.39, 0.29) is 11.2 Å². The van der Waals surface area contributed by atoms with Crippen LogP contribution in [0.4, 0.5) is 0 Å². The van der Waals surface area contributed by atoms with Crippen molar-refractivity contribution in [2.45, 2.75) is 12.8 Å². The van der Waals surface area contributed by atoms with Gasteiger partial charge in [0.15, 0.2) is 17.3 Å². The van der Waals surface area contributed by atoms with Crippen molar-refractivity contribution < 1.29 is 14.3 Å². The van der Waals surface area contributed by atoms with E-state index in [0.717, 1.165) is 30.7 Å². The van der Waals surface area contributed by atoms with E-state index in [9.17, 15) is 4.79 Å². The summed E-state index contributed by atoms with van der Waals surface area (Å²) in [6, 6.07) is 5.48. The Morgan fingerprint density at radius 3 is 2.67 bits per heavy atom. The molecule has 0 bridgehead atoms. The van der Waals surface area contributed by atoms with E-state index in [4.69, 9.17) is 9.47 Å². The van der Waals surface area contributed by atoms with E-state index < -0.39 is 0 Å². The quantitative estimate of drug-likeness (QED) is 0.822. The van der Waals surface area contributed by atoms with Gasteiger partial charge in [0.25, 0.3) is 0 Å². The van der Waals surface area contributed by atoms with Gasteiger partial charge in [-0.1, -0.05) is 0 Å². The zero-order chi connectivity index (χ0) is 12.6. The first-order chi connectivity index (χ1) is 8.75. The fourth-order valence-corrected chi connectivity index (χ4v) is 2.46. The molecule has 1 aromatic rings. The van der Waals surface area contributed by atoms with Gasteiger partial charge in [0, 0.05) is 17.5 Å². The molecule has 1 saturated carbocycles. The van der Waals surface area contributed by atoms with Crippen molar-refractivity contribution in [1.29, 1.82) is 0 Å². The van der Waals surface area contributed by atoms with Crippen LogP contribution < -0.4 is 14.8 Å². The lowest BCUT2D eigenvalue weighted by atomic mass is 9.94. The van der Waals surface area contributed by atoms with Gasteiger partial charge in [-0.2, -0.15) is 0 Å². The second-order valence-electron chi connectivity index (χ2n) is 5.00. The molecule has 1 aliphatic carbocycles. The Morgan fingerprint density at radius 2 is 2.00 bits per heavy atom. The minimum atomic E-state index is -0.182. The number of rotatable bonds is 4. The molecule has 0 radical (unpaired) electrons. The van der Waals surface area contributed by atoms with Crippen LogP contribution in [0.1, 0.15) is 23.2 Å². The standard InChI is InChI=1S/C14H17NO3/c1-15-9-14(4-5-14)13(16)10-2-3-11-12(8-10)18-7-6-17-11/h2-3,8,15H,4-7,9H2,1H3. The van der Waals surface area contributed by atoms with Crippen LogP contribution in [0.2, 0.25) is 0 Å². The van der Waals surface area contributed by atoms with Gasteiger partial charge in [0.2, 0.25) is 0 Å². The third-order valence-electron chi connectivity index (χ3n) is 3.65. The van der Waals surface area contributed by atoms with Crippen LogP contribution in [0.25, 0.3) is 0 Å². The van der Waals surface area contributed by atoms with Crippen LogP contribution in [0.5, 0.6) is 11.5 Å². The van der Waals surface area contributed by atoms with E-state index in [2.05, 4.69) is 5.32 Å². The summed E-state index contributed by atoms with van der Waals surface area (Å²) in [5.74, 6) is 1.64. The highest BCUT2D eigenvalue weighted by atomic mass is 16.6. The van der Waals surface area contributed by atoms with Crippen molar-refractivity contribution in [1.82, 2.24) is 5.32 Å². The summed E-state index contributed by atoms with van der Waals surface area (Å²) in [6.45, 7) is 1.87. The molecule has 1 N–H and O–H groups in total. The lowest BCUT2D eigenvalue weighted by Gasteiger charge is -2.20. The van der Waals surface area contributed by atoms with Crippen LogP contribution in [0.15, 0.2) is 18.2 Å².